The standard InChI is InChI=1S/C26H36ClN3O5S/c1-7-19(4)28-26(32)23(8-2)29(16-20-11-9-18(3)10-12-20)25(31)17-30(36(6,33)34)21-13-14-24(35-5)22(27)15-21/h9-15,19,23H,7-8,16-17H2,1-6H3,(H,28,32)/t19-,23+/m0/s1. The van der Waals surface area contributed by atoms with Crippen molar-refractivity contribution in [2.24, 2.45) is 0 Å². The number of ether oxygens (including phenoxy) is 1. The summed E-state index contributed by atoms with van der Waals surface area (Å²) in [7, 11) is -2.40. The molecule has 0 aliphatic rings. The molecule has 0 aliphatic heterocycles. The molecule has 2 amide bonds. The van der Waals surface area contributed by atoms with Gasteiger partial charge in [-0.15, -0.1) is 0 Å². The molecule has 2 rings (SSSR count). The Morgan fingerprint density at radius 2 is 1.72 bits per heavy atom. The number of aryl methyl sites for hydroxylation is 1. The number of benzene rings is 2. The van der Waals surface area contributed by atoms with E-state index in [1.807, 2.05) is 52.0 Å². The van der Waals surface area contributed by atoms with Gasteiger partial charge < -0.3 is 15.0 Å². The number of rotatable bonds is 12. The number of hydrogen-bond acceptors (Lipinski definition) is 5. The van der Waals surface area contributed by atoms with Gasteiger partial charge in [-0.2, -0.15) is 0 Å². The molecule has 0 saturated carbocycles. The summed E-state index contributed by atoms with van der Waals surface area (Å²) in [6, 6.07) is 11.3. The molecular formula is C26H36ClN3O5S. The molecule has 36 heavy (non-hydrogen) atoms. The van der Waals surface area contributed by atoms with Crippen LogP contribution < -0.4 is 14.4 Å². The maximum absolute atomic E-state index is 13.7. The van der Waals surface area contributed by atoms with E-state index >= 15 is 0 Å². The van der Waals surface area contributed by atoms with Gasteiger partial charge in [0.15, 0.2) is 0 Å². The van der Waals surface area contributed by atoms with E-state index < -0.39 is 28.5 Å². The minimum Gasteiger partial charge on any atom is -0.495 e. The number of halogens is 1. The number of nitrogens with zero attached hydrogens (tertiary/aromatic N) is 2. The van der Waals surface area contributed by atoms with Gasteiger partial charge in [0.05, 0.1) is 24.1 Å². The van der Waals surface area contributed by atoms with Crippen molar-refractivity contribution in [1.29, 1.82) is 0 Å². The largest absolute Gasteiger partial charge is 0.495 e. The molecule has 2 atom stereocenters. The molecule has 2 aromatic rings. The fourth-order valence-electron chi connectivity index (χ4n) is 3.67. The number of sulfonamides is 1. The summed E-state index contributed by atoms with van der Waals surface area (Å²) in [5.41, 5.74) is 2.13. The molecule has 0 fully saturated rings. The molecule has 1 N–H and O–H groups in total. The van der Waals surface area contributed by atoms with Gasteiger partial charge in [0.2, 0.25) is 21.8 Å². The third kappa shape index (κ3) is 7.86. The molecule has 0 aliphatic carbocycles. The molecular weight excluding hydrogens is 502 g/mol. The Bertz CT molecular complexity index is 1150. The Morgan fingerprint density at radius 3 is 2.22 bits per heavy atom. The lowest BCUT2D eigenvalue weighted by molar-refractivity contribution is -0.140. The van der Waals surface area contributed by atoms with Crippen LogP contribution in [0.3, 0.4) is 0 Å². The van der Waals surface area contributed by atoms with Gasteiger partial charge in [-0.25, -0.2) is 8.42 Å². The molecule has 0 bridgehead atoms. The molecule has 0 spiro atoms. The van der Waals surface area contributed by atoms with Crippen molar-refractivity contribution in [1.82, 2.24) is 10.2 Å². The Hall–Kier alpha value is -2.78. The van der Waals surface area contributed by atoms with Crippen LogP contribution in [0.2, 0.25) is 5.02 Å². The fourth-order valence-corrected chi connectivity index (χ4v) is 4.77. The van der Waals surface area contributed by atoms with Crippen molar-refractivity contribution < 1.29 is 22.7 Å². The van der Waals surface area contributed by atoms with Crippen LogP contribution in [0.1, 0.15) is 44.7 Å². The molecule has 0 heterocycles. The van der Waals surface area contributed by atoms with Crippen molar-refractivity contribution in [3.8, 4) is 5.75 Å². The van der Waals surface area contributed by atoms with Crippen molar-refractivity contribution in [2.75, 3.05) is 24.2 Å². The van der Waals surface area contributed by atoms with Crippen LogP contribution >= 0.6 is 11.6 Å². The number of anilines is 1. The van der Waals surface area contributed by atoms with Gasteiger partial charge >= 0.3 is 0 Å². The van der Waals surface area contributed by atoms with Gasteiger partial charge in [-0.1, -0.05) is 55.3 Å². The van der Waals surface area contributed by atoms with E-state index in [4.69, 9.17) is 16.3 Å². The van der Waals surface area contributed by atoms with Crippen molar-refractivity contribution in [3.63, 3.8) is 0 Å². The Kier molecular flexibility index (Phi) is 10.6. The Labute approximate surface area is 219 Å². The molecule has 10 heteroatoms. The summed E-state index contributed by atoms with van der Waals surface area (Å²) >= 11 is 6.22. The molecule has 198 valence electrons. The minimum atomic E-state index is -3.85. The normalized spacial score (nSPS) is 13.0. The highest BCUT2D eigenvalue weighted by Gasteiger charge is 2.32. The minimum absolute atomic E-state index is 0.0585. The number of hydrogen-bond donors (Lipinski definition) is 1. The molecule has 0 aromatic heterocycles. The summed E-state index contributed by atoms with van der Waals surface area (Å²) in [5, 5.41) is 3.16. The predicted octanol–water partition coefficient (Wildman–Crippen LogP) is 4.15. The Morgan fingerprint density at radius 1 is 1.08 bits per heavy atom. The zero-order chi connectivity index (χ0) is 27.0. The molecule has 8 nitrogen and oxygen atoms in total. The van der Waals surface area contributed by atoms with E-state index in [0.717, 1.165) is 28.1 Å². The first-order valence-corrected chi connectivity index (χ1v) is 14.1. The van der Waals surface area contributed by atoms with Gasteiger partial charge in [-0.05, 0) is 50.5 Å². The van der Waals surface area contributed by atoms with Crippen molar-refractivity contribution >= 4 is 39.1 Å². The maximum atomic E-state index is 13.7. The van der Waals surface area contributed by atoms with E-state index in [9.17, 15) is 18.0 Å². The lowest BCUT2D eigenvalue weighted by atomic mass is 10.1. The molecule has 0 unspecified atom stereocenters. The van der Waals surface area contributed by atoms with E-state index in [2.05, 4.69) is 5.32 Å². The van der Waals surface area contributed by atoms with Crippen LogP contribution in [-0.2, 0) is 26.2 Å². The number of amides is 2. The highest BCUT2D eigenvalue weighted by Crippen LogP contribution is 2.30. The SMILES string of the molecule is CC[C@H](C(=O)N[C@@H](C)CC)N(Cc1ccc(C)cc1)C(=O)CN(c1ccc(OC)c(Cl)c1)S(C)(=O)=O. The first kappa shape index (κ1) is 29.5. The van der Waals surface area contributed by atoms with Crippen LogP contribution in [-0.4, -0.2) is 57.1 Å². The van der Waals surface area contributed by atoms with Gasteiger partial charge in [0, 0.05) is 12.6 Å². The highest BCUT2D eigenvalue weighted by atomic mass is 35.5. The van der Waals surface area contributed by atoms with Crippen LogP contribution in [0.5, 0.6) is 5.75 Å². The van der Waals surface area contributed by atoms with Crippen molar-refractivity contribution in [3.05, 3.63) is 58.6 Å². The van der Waals surface area contributed by atoms with E-state index in [0.29, 0.717) is 12.2 Å². The summed E-state index contributed by atoms with van der Waals surface area (Å²) < 4.78 is 31.6. The van der Waals surface area contributed by atoms with E-state index in [-0.39, 0.29) is 29.2 Å². The first-order valence-electron chi connectivity index (χ1n) is 11.9. The second kappa shape index (κ2) is 13.0. The van der Waals surface area contributed by atoms with Gasteiger partial charge in [-0.3, -0.25) is 13.9 Å². The number of carbonyl (C=O) groups is 2. The van der Waals surface area contributed by atoms with Crippen molar-refractivity contribution in [2.45, 2.75) is 59.2 Å². The highest BCUT2D eigenvalue weighted by molar-refractivity contribution is 7.92. The molecule has 2 aromatic carbocycles. The first-order chi connectivity index (χ1) is 16.9. The third-order valence-corrected chi connectivity index (χ3v) is 7.40. The maximum Gasteiger partial charge on any atom is 0.244 e. The summed E-state index contributed by atoms with van der Waals surface area (Å²) in [4.78, 5) is 28.3. The number of nitrogens with one attached hydrogen (secondary N) is 1. The topological polar surface area (TPSA) is 96.0 Å². The average Bonchev–Trinajstić information content (AvgIpc) is 2.82. The molecule has 0 radical (unpaired) electrons. The van der Waals surface area contributed by atoms with E-state index in [1.165, 1.54) is 24.1 Å². The summed E-state index contributed by atoms with van der Waals surface area (Å²) in [5.74, 6) is -0.390. The summed E-state index contributed by atoms with van der Waals surface area (Å²) in [6.45, 7) is 7.33. The van der Waals surface area contributed by atoms with Gasteiger partial charge in [0.1, 0.15) is 18.3 Å². The van der Waals surface area contributed by atoms with Crippen LogP contribution in [0, 0.1) is 6.92 Å². The monoisotopic (exact) mass is 537 g/mol. The van der Waals surface area contributed by atoms with E-state index in [1.54, 1.807) is 6.07 Å². The fraction of sp³-hybridized carbons (Fsp3) is 0.462. The van der Waals surface area contributed by atoms with Gasteiger partial charge in [0.25, 0.3) is 0 Å². The quantitative estimate of drug-likeness (QED) is 0.439. The van der Waals surface area contributed by atoms with Crippen LogP contribution in [0.25, 0.3) is 0 Å². The predicted molar refractivity (Wildman–Crippen MR) is 144 cm³/mol. The lowest BCUT2D eigenvalue weighted by Gasteiger charge is -2.33. The summed E-state index contributed by atoms with van der Waals surface area (Å²) in [6.07, 6.45) is 2.14. The number of carbonyl (C=O) groups excluding carboxylic acids is 2. The molecule has 0 saturated heterocycles. The zero-order valence-electron chi connectivity index (χ0n) is 21.7. The Balaban J connectivity index is 2.45. The average molecular weight is 538 g/mol. The third-order valence-electron chi connectivity index (χ3n) is 5.96. The number of methoxy groups -OCH3 is 1. The smallest absolute Gasteiger partial charge is 0.244 e. The zero-order valence-corrected chi connectivity index (χ0v) is 23.3. The van der Waals surface area contributed by atoms with Crippen LogP contribution in [0.4, 0.5) is 5.69 Å². The second-order valence-corrected chi connectivity index (χ2v) is 11.2. The van der Waals surface area contributed by atoms with Crippen LogP contribution in [0.15, 0.2) is 42.5 Å². The lowest BCUT2D eigenvalue weighted by Crippen LogP contribution is -2.53. The second-order valence-electron chi connectivity index (χ2n) is 8.84.